The summed E-state index contributed by atoms with van der Waals surface area (Å²) in [5, 5.41) is 0. The smallest absolute Gasteiger partial charge is 0.0785 e. The number of hydrogen-bond acceptors (Lipinski definition) is 1. The van der Waals surface area contributed by atoms with Crippen LogP contribution >= 0.6 is 12.2 Å². The normalized spacial score (nSPS) is 31.0. The third-order valence-electron chi connectivity index (χ3n) is 2.33. The average molecular weight is 153 g/mol. The van der Waals surface area contributed by atoms with Crippen molar-refractivity contribution in [1.29, 1.82) is 0 Å². The predicted molar refractivity (Wildman–Crippen MR) is 46.1 cm³/mol. The zero-order chi connectivity index (χ0) is 6.97. The predicted octanol–water partition coefficient (Wildman–Crippen LogP) is 1.74. The number of fused-ring (bicyclic) bond motifs is 1. The van der Waals surface area contributed by atoms with Crippen molar-refractivity contribution in [2.45, 2.75) is 25.3 Å². The zero-order valence-corrected chi connectivity index (χ0v) is 6.73. The molecule has 1 unspecified atom stereocenters. The summed E-state index contributed by atoms with van der Waals surface area (Å²) in [6, 6.07) is 0.748. The van der Waals surface area contributed by atoms with Gasteiger partial charge in [-0.25, -0.2) is 0 Å². The molecule has 0 N–H and O–H groups in total. The maximum atomic E-state index is 5.21. The van der Waals surface area contributed by atoms with Crippen LogP contribution in [-0.4, -0.2) is 22.5 Å². The van der Waals surface area contributed by atoms with Crippen molar-refractivity contribution in [3.05, 3.63) is 12.2 Å². The molecule has 1 nitrogen and oxygen atoms in total. The van der Waals surface area contributed by atoms with E-state index < -0.39 is 0 Å². The Morgan fingerprint density at radius 3 is 3.20 bits per heavy atom. The van der Waals surface area contributed by atoms with Crippen molar-refractivity contribution in [2.75, 3.05) is 6.54 Å². The number of nitrogens with zero attached hydrogens (tertiary/aromatic N) is 1. The first-order valence-corrected chi connectivity index (χ1v) is 4.23. The lowest BCUT2D eigenvalue weighted by Crippen LogP contribution is -2.33. The molecular weight excluding hydrogens is 142 g/mol. The number of rotatable bonds is 0. The molecule has 0 spiro atoms. The van der Waals surface area contributed by atoms with Gasteiger partial charge in [-0.1, -0.05) is 24.4 Å². The fourth-order valence-electron chi connectivity index (χ4n) is 1.73. The third-order valence-corrected chi connectivity index (χ3v) is 2.77. The van der Waals surface area contributed by atoms with Crippen molar-refractivity contribution < 1.29 is 0 Å². The van der Waals surface area contributed by atoms with Crippen LogP contribution in [0.4, 0.5) is 0 Å². The molecule has 0 aromatic heterocycles. The van der Waals surface area contributed by atoms with Crippen LogP contribution in [0.5, 0.6) is 0 Å². The summed E-state index contributed by atoms with van der Waals surface area (Å²) < 4.78 is 0. The summed E-state index contributed by atoms with van der Waals surface area (Å²) in [5.41, 5.74) is 0. The summed E-state index contributed by atoms with van der Waals surface area (Å²) in [4.78, 5) is 3.53. The van der Waals surface area contributed by atoms with Crippen molar-refractivity contribution >= 4 is 17.2 Å². The molecule has 0 aromatic rings. The minimum atomic E-state index is 0.748. The molecule has 0 aliphatic carbocycles. The van der Waals surface area contributed by atoms with Gasteiger partial charge in [-0.3, -0.25) is 0 Å². The molecule has 54 valence electrons. The van der Waals surface area contributed by atoms with Gasteiger partial charge in [-0.05, 0) is 19.3 Å². The van der Waals surface area contributed by atoms with Crippen molar-refractivity contribution in [2.24, 2.45) is 0 Å². The molecule has 2 aliphatic heterocycles. The zero-order valence-electron chi connectivity index (χ0n) is 5.92. The Hall–Kier alpha value is -0.370. The lowest BCUT2D eigenvalue weighted by molar-refractivity contribution is 0.357. The Balaban J connectivity index is 2.17. The minimum absolute atomic E-state index is 0.748. The van der Waals surface area contributed by atoms with Gasteiger partial charge in [0.15, 0.2) is 0 Å². The fraction of sp³-hybridized carbons (Fsp3) is 0.625. The molecule has 2 aliphatic rings. The van der Waals surface area contributed by atoms with E-state index in [4.69, 9.17) is 12.2 Å². The summed E-state index contributed by atoms with van der Waals surface area (Å²) in [6.45, 7) is 1.06. The van der Waals surface area contributed by atoms with Gasteiger partial charge in [0.2, 0.25) is 0 Å². The van der Waals surface area contributed by atoms with E-state index in [1.807, 2.05) is 0 Å². The molecule has 10 heavy (non-hydrogen) atoms. The molecule has 1 atom stereocenters. The standard InChI is InChI=1S/C8H11NS/c10-8-5-4-7-3-1-2-6-9(7)8/h1-2,7H,3-6H2. The van der Waals surface area contributed by atoms with Gasteiger partial charge in [0, 0.05) is 12.6 Å². The largest absolute Gasteiger partial charge is 0.359 e. The highest BCUT2D eigenvalue weighted by Gasteiger charge is 2.27. The molecule has 2 heteroatoms. The van der Waals surface area contributed by atoms with E-state index in [-0.39, 0.29) is 0 Å². The molecule has 1 fully saturated rings. The quantitative estimate of drug-likeness (QED) is 0.385. The van der Waals surface area contributed by atoms with Crippen molar-refractivity contribution in [3.63, 3.8) is 0 Å². The molecule has 0 saturated carbocycles. The summed E-state index contributed by atoms with van der Waals surface area (Å²) in [6.07, 6.45) is 8.12. The van der Waals surface area contributed by atoms with Crippen LogP contribution in [0.3, 0.4) is 0 Å². The highest BCUT2D eigenvalue weighted by Crippen LogP contribution is 2.24. The third kappa shape index (κ3) is 0.870. The van der Waals surface area contributed by atoms with Gasteiger partial charge >= 0.3 is 0 Å². The molecule has 0 bridgehead atoms. The van der Waals surface area contributed by atoms with E-state index in [2.05, 4.69) is 17.1 Å². The van der Waals surface area contributed by atoms with Crippen LogP contribution in [0.2, 0.25) is 0 Å². The van der Waals surface area contributed by atoms with E-state index in [0.717, 1.165) is 19.0 Å². The highest BCUT2D eigenvalue weighted by atomic mass is 32.1. The second-order valence-electron chi connectivity index (χ2n) is 2.95. The Kier molecular flexibility index (Phi) is 1.49. The Morgan fingerprint density at radius 1 is 1.50 bits per heavy atom. The minimum Gasteiger partial charge on any atom is -0.359 e. The average Bonchev–Trinajstić information content (AvgIpc) is 2.34. The second kappa shape index (κ2) is 2.35. The number of hydrogen-bond donors (Lipinski definition) is 0. The van der Waals surface area contributed by atoms with Gasteiger partial charge in [0.05, 0.1) is 4.99 Å². The highest BCUT2D eigenvalue weighted by molar-refractivity contribution is 7.80. The van der Waals surface area contributed by atoms with Gasteiger partial charge in [0.1, 0.15) is 0 Å². The van der Waals surface area contributed by atoms with Crippen molar-refractivity contribution in [3.8, 4) is 0 Å². The van der Waals surface area contributed by atoms with E-state index in [9.17, 15) is 0 Å². The Morgan fingerprint density at radius 2 is 2.40 bits per heavy atom. The topological polar surface area (TPSA) is 3.24 Å². The number of thiocarbonyl (C=S) groups is 1. The Bertz CT molecular complexity index is 186. The van der Waals surface area contributed by atoms with E-state index >= 15 is 0 Å². The van der Waals surface area contributed by atoms with E-state index in [1.165, 1.54) is 17.8 Å². The monoisotopic (exact) mass is 153 g/mol. The van der Waals surface area contributed by atoms with Crippen LogP contribution in [0.15, 0.2) is 12.2 Å². The molecule has 1 saturated heterocycles. The molecule has 2 rings (SSSR count). The van der Waals surface area contributed by atoms with Gasteiger partial charge in [-0.2, -0.15) is 0 Å². The molecule has 0 radical (unpaired) electrons. The summed E-state index contributed by atoms with van der Waals surface area (Å²) in [7, 11) is 0. The van der Waals surface area contributed by atoms with E-state index in [1.54, 1.807) is 0 Å². The summed E-state index contributed by atoms with van der Waals surface area (Å²) >= 11 is 5.21. The van der Waals surface area contributed by atoms with Crippen LogP contribution in [0.25, 0.3) is 0 Å². The molecule has 0 amide bonds. The lowest BCUT2D eigenvalue weighted by atomic mass is 10.1. The fourth-order valence-corrected chi connectivity index (χ4v) is 2.07. The van der Waals surface area contributed by atoms with Gasteiger partial charge in [-0.15, -0.1) is 0 Å². The van der Waals surface area contributed by atoms with Crippen LogP contribution in [0, 0.1) is 0 Å². The molecular formula is C8H11NS. The van der Waals surface area contributed by atoms with Crippen LogP contribution in [0.1, 0.15) is 19.3 Å². The van der Waals surface area contributed by atoms with Crippen LogP contribution < -0.4 is 0 Å². The summed E-state index contributed by atoms with van der Waals surface area (Å²) in [5.74, 6) is 0. The molecule has 2 heterocycles. The lowest BCUT2D eigenvalue weighted by Gasteiger charge is -2.27. The maximum absolute atomic E-state index is 5.21. The van der Waals surface area contributed by atoms with E-state index in [0.29, 0.717) is 0 Å². The Labute approximate surface area is 66.7 Å². The van der Waals surface area contributed by atoms with Crippen molar-refractivity contribution in [1.82, 2.24) is 4.90 Å². The SMILES string of the molecule is S=C1CCC2CC=CCN12. The first kappa shape index (κ1) is 6.35. The first-order chi connectivity index (χ1) is 4.88. The maximum Gasteiger partial charge on any atom is 0.0785 e. The second-order valence-corrected chi connectivity index (χ2v) is 3.42. The molecule has 0 aromatic carbocycles. The van der Waals surface area contributed by atoms with Gasteiger partial charge < -0.3 is 4.90 Å². The van der Waals surface area contributed by atoms with Gasteiger partial charge in [0.25, 0.3) is 0 Å². The van der Waals surface area contributed by atoms with Crippen LogP contribution in [-0.2, 0) is 0 Å². The first-order valence-electron chi connectivity index (χ1n) is 3.82.